The van der Waals surface area contributed by atoms with Gasteiger partial charge in [0.15, 0.2) is 5.78 Å². The van der Waals surface area contributed by atoms with E-state index in [1.54, 1.807) is 12.1 Å². The van der Waals surface area contributed by atoms with E-state index in [0.29, 0.717) is 11.6 Å². The van der Waals surface area contributed by atoms with Gasteiger partial charge in [-0.25, -0.2) is 0 Å². The Morgan fingerprint density at radius 1 is 1.26 bits per heavy atom. The lowest BCUT2D eigenvalue weighted by Gasteiger charge is -2.32. The van der Waals surface area contributed by atoms with E-state index in [-0.39, 0.29) is 17.6 Å². The molecule has 3 nitrogen and oxygen atoms in total. The number of rotatable bonds is 3. The summed E-state index contributed by atoms with van der Waals surface area (Å²) in [6, 6.07) is 5.39. The summed E-state index contributed by atoms with van der Waals surface area (Å²) in [5.41, 5.74) is 2.57. The molecule has 1 aliphatic heterocycles. The average molecular weight is 332 g/mol. The van der Waals surface area contributed by atoms with Gasteiger partial charge in [0.25, 0.3) is 0 Å². The van der Waals surface area contributed by atoms with Crippen molar-refractivity contribution in [1.82, 2.24) is 4.90 Å². The van der Waals surface area contributed by atoms with Gasteiger partial charge in [-0.15, -0.1) is 0 Å². The number of benzene rings is 1. The first-order chi connectivity index (χ1) is 11.1. The smallest absolute Gasteiger partial charge is 0.249 e. The molecule has 0 N–H and O–H groups in total. The summed E-state index contributed by atoms with van der Waals surface area (Å²) in [5.74, 6) is 0.166. The Kier molecular flexibility index (Phi) is 4.86. The predicted octanol–water partition coefficient (Wildman–Crippen LogP) is 4.18. The number of allylic oxidation sites excluding steroid dienone is 1. The van der Waals surface area contributed by atoms with Crippen LogP contribution in [0.15, 0.2) is 29.8 Å². The molecule has 23 heavy (non-hydrogen) atoms. The van der Waals surface area contributed by atoms with E-state index in [9.17, 15) is 9.59 Å². The Balaban J connectivity index is 1.72. The standard InChI is InChI=1S/C19H22ClNO2/c1-13-11-16(20)8-9-17(13)18(22)15-7-4-10-21(12-15)19(23)14-5-2-3-6-14/h5,8-9,11,15H,2-4,6-7,10,12H2,1H3. The number of carbonyl (C=O) groups is 2. The third kappa shape index (κ3) is 3.50. The lowest BCUT2D eigenvalue weighted by Crippen LogP contribution is -2.42. The van der Waals surface area contributed by atoms with Gasteiger partial charge in [-0.1, -0.05) is 17.7 Å². The van der Waals surface area contributed by atoms with Crippen LogP contribution in [0, 0.1) is 12.8 Å². The zero-order chi connectivity index (χ0) is 16.4. The Hall–Kier alpha value is -1.61. The van der Waals surface area contributed by atoms with Crippen LogP contribution in [0.3, 0.4) is 0 Å². The number of amides is 1. The van der Waals surface area contributed by atoms with Gasteiger partial charge in [0.05, 0.1) is 0 Å². The Morgan fingerprint density at radius 2 is 2.09 bits per heavy atom. The maximum atomic E-state index is 12.8. The fraction of sp³-hybridized carbons (Fsp3) is 0.474. The summed E-state index contributed by atoms with van der Waals surface area (Å²) in [4.78, 5) is 27.2. The predicted molar refractivity (Wildman–Crippen MR) is 91.8 cm³/mol. The van der Waals surface area contributed by atoms with Gasteiger partial charge in [0.1, 0.15) is 0 Å². The molecule has 4 heteroatoms. The number of Topliss-reactive ketones (excluding diaryl/α,β-unsaturated/α-hetero) is 1. The number of piperidine rings is 1. The highest BCUT2D eigenvalue weighted by Gasteiger charge is 2.31. The monoisotopic (exact) mass is 331 g/mol. The molecule has 1 fully saturated rings. The van der Waals surface area contributed by atoms with Crippen LogP contribution in [0.4, 0.5) is 0 Å². The van der Waals surface area contributed by atoms with Crippen molar-refractivity contribution in [2.24, 2.45) is 5.92 Å². The molecule has 1 aromatic carbocycles. The van der Waals surface area contributed by atoms with Gasteiger partial charge in [-0.05, 0) is 62.8 Å². The molecule has 1 heterocycles. The fourth-order valence-corrected chi connectivity index (χ4v) is 3.79. The molecule has 1 aliphatic carbocycles. The summed E-state index contributed by atoms with van der Waals surface area (Å²) < 4.78 is 0. The third-order valence-corrected chi connectivity index (χ3v) is 5.08. The number of carbonyl (C=O) groups excluding carboxylic acids is 2. The molecule has 0 bridgehead atoms. The number of likely N-dealkylation sites (tertiary alicyclic amines) is 1. The second kappa shape index (κ2) is 6.88. The van der Waals surface area contributed by atoms with E-state index in [0.717, 1.165) is 55.3 Å². The molecule has 1 amide bonds. The molecule has 0 aromatic heterocycles. The minimum atomic E-state index is -0.102. The maximum Gasteiger partial charge on any atom is 0.249 e. The van der Waals surface area contributed by atoms with E-state index in [1.807, 2.05) is 17.9 Å². The molecule has 0 radical (unpaired) electrons. The first-order valence-corrected chi connectivity index (χ1v) is 8.72. The first-order valence-electron chi connectivity index (χ1n) is 8.35. The largest absolute Gasteiger partial charge is 0.338 e. The number of nitrogens with zero attached hydrogens (tertiary/aromatic N) is 1. The lowest BCUT2D eigenvalue weighted by molar-refractivity contribution is -0.128. The average Bonchev–Trinajstić information content (AvgIpc) is 3.08. The van der Waals surface area contributed by atoms with Crippen molar-refractivity contribution in [2.45, 2.75) is 39.0 Å². The molecule has 2 aliphatic rings. The van der Waals surface area contributed by atoms with Gasteiger partial charge in [0, 0.05) is 35.2 Å². The Morgan fingerprint density at radius 3 is 2.78 bits per heavy atom. The van der Waals surface area contributed by atoms with Crippen molar-refractivity contribution in [3.8, 4) is 0 Å². The SMILES string of the molecule is Cc1cc(Cl)ccc1C(=O)C1CCCN(C(=O)C2=CCCC2)C1. The normalized spacial score (nSPS) is 21.2. The molecule has 0 saturated carbocycles. The number of ketones is 1. The minimum absolute atomic E-state index is 0.102. The number of halogens is 1. The molecule has 0 spiro atoms. The molecular weight excluding hydrogens is 310 g/mol. The fourth-order valence-electron chi connectivity index (χ4n) is 3.57. The molecule has 1 saturated heterocycles. The zero-order valence-electron chi connectivity index (χ0n) is 13.5. The Bertz CT molecular complexity index is 665. The van der Waals surface area contributed by atoms with Crippen LogP contribution in [0.25, 0.3) is 0 Å². The van der Waals surface area contributed by atoms with Crippen LogP contribution in [-0.2, 0) is 4.79 Å². The maximum absolute atomic E-state index is 12.8. The van der Waals surface area contributed by atoms with Crippen molar-refractivity contribution >= 4 is 23.3 Å². The van der Waals surface area contributed by atoms with Crippen LogP contribution >= 0.6 is 11.6 Å². The number of hydrogen-bond acceptors (Lipinski definition) is 2. The summed E-state index contributed by atoms with van der Waals surface area (Å²) in [6.07, 6.45) is 6.75. The van der Waals surface area contributed by atoms with Crippen molar-refractivity contribution in [2.75, 3.05) is 13.1 Å². The molecule has 1 unspecified atom stereocenters. The number of hydrogen-bond donors (Lipinski definition) is 0. The van der Waals surface area contributed by atoms with E-state index in [1.165, 1.54) is 0 Å². The second-order valence-corrected chi connectivity index (χ2v) is 6.97. The molecule has 1 atom stereocenters. The summed E-state index contributed by atoms with van der Waals surface area (Å²) >= 11 is 5.97. The summed E-state index contributed by atoms with van der Waals surface area (Å²) in [7, 11) is 0. The van der Waals surface area contributed by atoms with Crippen LogP contribution in [0.1, 0.15) is 48.0 Å². The first kappa shape index (κ1) is 16.3. The second-order valence-electron chi connectivity index (χ2n) is 6.54. The van der Waals surface area contributed by atoms with E-state index >= 15 is 0 Å². The lowest BCUT2D eigenvalue weighted by atomic mass is 9.88. The van der Waals surface area contributed by atoms with Gasteiger partial charge in [0.2, 0.25) is 5.91 Å². The van der Waals surface area contributed by atoms with Crippen molar-refractivity contribution < 1.29 is 9.59 Å². The van der Waals surface area contributed by atoms with E-state index in [4.69, 9.17) is 11.6 Å². The van der Waals surface area contributed by atoms with E-state index < -0.39 is 0 Å². The van der Waals surface area contributed by atoms with Crippen LogP contribution in [0.5, 0.6) is 0 Å². The highest BCUT2D eigenvalue weighted by Crippen LogP contribution is 2.27. The zero-order valence-corrected chi connectivity index (χ0v) is 14.2. The van der Waals surface area contributed by atoms with Crippen LogP contribution in [-0.4, -0.2) is 29.7 Å². The molecule has 1 aromatic rings. The van der Waals surface area contributed by atoms with Gasteiger partial charge < -0.3 is 4.90 Å². The quantitative estimate of drug-likeness (QED) is 0.779. The molecule has 122 valence electrons. The van der Waals surface area contributed by atoms with Crippen molar-refractivity contribution in [3.63, 3.8) is 0 Å². The van der Waals surface area contributed by atoms with Crippen molar-refractivity contribution in [1.29, 1.82) is 0 Å². The summed E-state index contributed by atoms with van der Waals surface area (Å²) in [5, 5.41) is 0.646. The van der Waals surface area contributed by atoms with Gasteiger partial charge >= 0.3 is 0 Å². The minimum Gasteiger partial charge on any atom is -0.338 e. The number of aryl methyl sites for hydroxylation is 1. The highest BCUT2D eigenvalue weighted by atomic mass is 35.5. The third-order valence-electron chi connectivity index (χ3n) is 4.85. The van der Waals surface area contributed by atoms with Crippen molar-refractivity contribution in [3.05, 3.63) is 46.0 Å². The molecular formula is C19H22ClNO2. The van der Waals surface area contributed by atoms with Crippen LogP contribution in [0.2, 0.25) is 5.02 Å². The van der Waals surface area contributed by atoms with E-state index in [2.05, 4.69) is 6.08 Å². The summed E-state index contributed by atoms with van der Waals surface area (Å²) in [6.45, 7) is 3.21. The highest BCUT2D eigenvalue weighted by molar-refractivity contribution is 6.30. The Labute approximate surface area is 142 Å². The van der Waals surface area contributed by atoms with Gasteiger partial charge in [-0.2, -0.15) is 0 Å². The van der Waals surface area contributed by atoms with Crippen LogP contribution < -0.4 is 0 Å². The molecule has 3 rings (SSSR count). The topological polar surface area (TPSA) is 37.4 Å². The van der Waals surface area contributed by atoms with Gasteiger partial charge in [-0.3, -0.25) is 9.59 Å².